The second-order valence-electron chi connectivity index (χ2n) is 4.58. The van der Waals surface area contributed by atoms with Crippen molar-refractivity contribution in [2.24, 2.45) is 0 Å². The van der Waals surface area contributed by atoms with Crippen molar-refractivity contribution >= 4 is 0 Å². The van der Waals surface area contributed by atoms with Gasteiger partial charge in [0.2, 0.25) is 0 Å². The van der Waals surface area contributed by atoms with Crippen LogP contribution in [0, 0.1) is 0 Å². The first-order valence-electron chi connectivity index (χ1n) is 6.06. The monoisotopic (exact) mass is 220 g/mol. The average Bonchev–Trinajstić information content (AvgIpc) is 2.29. The molecule has 0 aromatic heterocycles. The molecule has 90 valence electrons. The van der Waals surface area contributed by atoms with Crippen LogP contribution in [-0.4, -0.2) is 49.6 Å². The molecule has 1 fully saturated rings. The quantitative estimate of drug-likeness (QED) is 0.656. The lowest BCUT2D eigenvalue weighted by molar-refractivity contribution is 0.165. The molecule has 0 aromatic carbocycles. The maximum Gasteiger partial charge on any atom is 0.0228 e. The fourth-order valence-electron chi connectivity index (χ4n) is 1.70. The largest absolute Gasteiger partial charge is 0.304 e. The highest BCUT2D eigenvalue weighted by Gasteiger charge is 2.13. The van der Waals surface area contributed by atoms with Gasteiger partial charge in [-0.15, -0.1) is 0 Å². The molecule has 1 heterocycles. The van der Waals surface area contributed by atoms with Gasteiger partial charge in [0.25, 0.3) is 0 Å². The van der Waals surface area contributed by atoms with E-state index in [0.717, 1.165) is 26.1 Å². The summed E-state index contributed by atoms with van der Waals surface area (Å²) in [4.78, 5) is 4.83. The minimum absolute atomic E-state index is 0.987. The molecule has 0 amide bonds. The second kappa shape index (κ2) is 6.66. The summed E-state index contributed by atoms with van der Waals surface area (Å²) in [5.41, 5.74) is 2.35. The first kappa shape index (κ1) is 13.2. The molecule has 2 heteroatoms. The fraction of sp³-hybridized carbons (Fsp3) is 0.571. The number of hydrogen-bond donors (Lipinski definition) is 0. The van der Waals surface area contributed by atoms with E-state index in [2.05, 4.69) is 49.1 Å². The third-order valence-electron chi connectivity index (χ3n) is 3.03. The van der Waals surface area contributed by atoms with E-state index in [1.165, 1.54) is 24.2 Å². The zero-order chi connectivity index (χ0) is 12.0. The van der Waals surface area contributed by atoms with Crippen LogP contribution in [0.2, 0.25) is 0 Å². The number of rotatable bonds is 5. The van der Waals surface area contributed by atoms with Crippen molar-refractivity contribution in [1.29, 1.82) is 0 Å². The van der Waals surface area contributed by atoms with Gasteiger partial charge in [0.15, 0.2) is 0 Å². The maximum atomic E-state index is 4.09. The molecule has 0 aliphatic carbocycles. The summed E-state index contributed by atoms with van der Waals surface area (Å²) in [6.45, 7) is 15.8. The number of hydrogen-bond acceptors (Lipinski definition) is 2. The third-order valence-corrected chi connectivity index (χ3v) is 3.03. The highest BCUT2D eigenvalue weighted by molar-refractivity contribution is 5.24. The Kier molecular flexibility index (Phi) is 5.50. The summed E-state index contributed by atoms with van der Waals surface area (Å²) in [5.74, 6) is 0. The summed E-state index contributed by atoms with van der Waals surface area (Å²) in [7, 11) is 2.18. The molecule has 0 unspecified atom stereocenters. The number of allylic oxidation sites excluding steroid dienone is 2. The van der Waals surface area contributed by atoms with Gasteiger partial charge in [-0.05, 0) is 19.0 Å². The Morgan fingerprint density at radius 2 is 1.62 bits per heavy atom. The van der Waals surface area contributed by atoms with Crippen molar-refractivity contribution in [3.8, 4) is 0 Å². The first-order valence-corrected chi connectivity index (χ1v) is 6.06. The molecule has 1 aliphatic heterocycles. The maximum absolute atomic E-state index is 4.09. The van der Waals surface area contributed by atoms with E-state index in [4.69, 9.17) is 0 Å². The Morgan fingerprint density at radius 3 is 2.19 bits per heavy atom. The summed E-state index contributed by atoms with van der Waals surface area (Å²) in [5, 5.41) is 0. The van der Waals surface area contributed by atoms with E-state index in [1.807, 2.05) is 0 Å². The number of likely N-dealkylation sites (N-methyl/N-ethyl adjacent to an activating group) is 1. The van der Waals surface area contributed by atoms with E-state index < -0.39 is 0 Å². The Bertz CT molecular complexity index is 270. The minimum Gasteiger partial charge on any atom is -0.304 e. The van der Waals surface area contributed by atoms with Crippen LogP contribution < -0.4 is 0 Å². The van der Waals surface area contributed by atoms with Gasteiger partial charge in [-0.3, -0.25) is 4.90 Å². The molecule has 0 radical (unpaired) electrons. The third kappa shape index (κ3) is 4.77. The van der Waals surface area contributed by atoms with Gasteiger partial charge in [-0.2, -0.15) is 0 Å². The molecule has 0 bridgehead atoms. The van der Waals surface area contributed by atoms with Gasteiger partial charge in [0, 0.05) is 32.7 Å². The van der Waals surface area contributed by atoms with Crippen molar-refractivity contribution < 1.29 is 0 Å². The van der Waals surface area contributed by atoms with E-state index in [9.17, 15) is 0 Å². The standard InChI is InChI=1S/C14H24N2/c1-5-13(2)6-7-14(3)12-16-10-8-15(4)9-11-16/h6-7H,2-3,5,8-12H2,1,4H3/b7-6-. The smallest absolute Gasteiger partial charge is 0.0228 e. The van der Waals surface area contributed by atoms with Crippen LogP contribution in [0.25, 0.3) is 0 Å². The Balaban J connectivity index is 2.29. The molecular formula is C14H24N2. The van der Waals surface area contributed by atoms with Crippen LogP contribution in [-0.2, 0) is 0 Å². The molecule has 16 heavy (non-hydrogen) atoms. The Hall–Kier alpha value is -0.860. The van der Waals surface area contributed by atoms with Gasteiger partial charge < -0.3 is 4.90 Å². The van der Waals surface area contributed by atoms with Crippen LogP contribution >= 0.6 is 0 Å². The van der Waals surface area contributed by atoms with Crippen molar-refractivity contribution in [1.82, 2.24) is 9.80 Å². The van der Waals surface area contributed by atoms with Crippen LogP contribution in [0.3, 0.4) is 0 Å². The molecule has 0 atom stereocenters. The van der Waals surface area contributed by atoms with E-state index >= 15 is 0 Å². The molecule has 1 aliphatic rings. The first-order chi connectivity index (χ1) is 7.61. The zero-order valence-electron chi connectivity index (χ0n) is 10.7. The van der Waals surface area contributed by atoms with Crippen molar-refractivity contribution in [3.63, 3.8) is 0 Å². The van der Waals surface area contributed by atoms with Gasteiger partial charge in [-0.1, -0.05) is 37.8 Å². The molecule has 1 saturated heterocycles. The van der Waals surface area contributed by atoms with Gasteiger partial charge in [-0.25, -0.2) is 0 Å². The SMILES string of the molecule is C=C(/C=C\C(=C)CN1CCN(C)CC1)CC. The second-order valence-corrected chi connectivity index (χ2v) is 4.58. The summed E-state index contributed by atoms with van der Waals surface area (Å²) in [6, 6.07) is 0. The zero-order valence-corrected chi connectivity index (χ0v) is 10.7. The van der Waals surface area contributed by atoms with Crippen molar-refractivity contribution in [2.75, 3.05) is 39.8 Å². The Labute approximate surface area is 99.9 Å². The normalized spacial score (nSPS) is 19.1. The fourth-order valence-corrected chi connectivity index (χ4v) is 1.70. The molecule has 0 saturated carbocycles. The molecular weight excluding hydrogens is 196 g/mol. The van der Waals surface area contributed by atoms with Crippen LogP contribution in [0.5, 0.6) is 0 Å². The van der Waals surface area contributed by atoms with Crippen LogP contribution in [0.1, 0.15) is 13.3 Å². The number of nitrogens with zero attached hydrogens (tertiary/aromatic N) is 2. The lowest BCUT2D eigenvalue weighted by Gasteiger charge is -2.32. The van der Waals surface area contributed by atoms with Gasteiger partial charge in [0.05, 0.1) is 0 Å². The van der Waals surface area contributed by atoms with Crippen LogP contribution in [0.15, 0.2) is 36.5 Å². The van der Waals surface area contributed by atoms with E-state index in [-0.39, 0.29) is 0 Å². The van der Waals surface area contributed by atoms with Gasteiger partial charge >= 0.3 is 0 Å². The molecule has 0 N–H and O–H groups in total. The predicted molar refractivity (Wildman–Crippen MR) is 71.6 cm³/mol. The van der Waals surface area contributed by atoms with Crippen molar-refractivity contribution in [3.05, 3.63) is 36.5 Å². The molecule has 0 spiro atoms. The minimum atomic E-state index is 0.987. The number of piperazine rings is 1. The summed E-state index contributed by atoms with van der Waals surface area (Å²) < 4.78 is 0. The van der Waals surface area contributed by atoms with Gasteiger partial charge in [0.1, 0.15) is 0 Å². The molecule has 2 nitrogen and oxygen atoms in total. The lowest BCUT2D eigenvalue weighted by atomic mass is 10.1. The highest BCUT2D eigenvalue weighted by Crippen LogP contribution is 2.06. The highest BCUT2D eigenvalue weighted by atomic mass is 15.2. The lowest BCUT2D eigenvalue weighted by Crippen LogP contribution is -2.44. The molecule has 0 aromatic rings. The predicted octanol–water partition coefficient (Wildman–Crippen LogP) is 2.31. The summed E-state index contributed by atoms with van der Waals surface area (Å²) >= 11 is 0. The van der Waals surface area contributed by atoms with Crippen LogP contribution in [0.4, 0.5) is 0 Å². The topological polar surface area (TPSA) is 6.48 Å². The van der Waals surface area contributed by atoms with E-state index in [0.29, 0.717) is 0 Å². The van der Waals surface area contributed by atoms with E-state index in [1.54, 1.807) is 0 Å². The van der Waals surface area contributed by atoms with Crippen molar-refractivity contribution in [2.45, 2.75) is 13.3 Å². The summed E-state index contributed by atoms with van der Waals surface area (Å²) in [6.07, 6.45) is 5.20. The molecule has 1 rings (SSSR count). The average molecular weight is 220 g/mol. The Morgan fingerprint density at radius 1 is 1.06 bits per heavy atom.